The van der Waals surface area contributed by atoms with Crippen LogP contribution in [0.5, 0.6) is 0 Å². The van der Waals surface area contributed by atoms with Crippen LogP contribution >= 0.6 is 0 Å². The first kappa shape index (κ1) is 15.7. The van der Waals surface area contributed by atoms with Gasteiger partial charge in [-0.05, 0) is 41.2 Å². The molecule has 2 aliphatic rings. The zero-order chi connectivity index (χ0) is 18.6. The third-order valence-electron chi connectivity index (χ3n) is 6.32. The second-order valence-corrected chi connectivity index (χ2v) is 7.72. The van der Waals surface area contributed by atoms with Gasteiger partial charge in [0.2, 0.25) is 0 Å². The summed E-state index contributed by atoms with van der Waals surface area (Å²) in [6.45, 7) is 0. The summed E-state index contributed by atoms with van der Waals surface area (Å²) in [6.07, 6.45) is 9.31. The van der Waals surface area contributed by atoms with Gasteiger partial charge in [0.05, 0.1) is 5.41 Å². The largest absolute Gasteiger partial charge is 0.357 e. The van der Waals surface area contributed by atoms with Crippen LogP contribution in [-0.2, 0) is 5.41 Å². The molecule has 0 amide bonds. The average molecular weight is 359 g/mol. The van der Waals surface area contributed by atoms with E-state index in [1.54, 1.807) is 0 Å². The van der Waals surface area contributed by atoms with E-state index >= 15 is 0 Å². The van der Waals surface area contributed by atoms with Gasteiger partial charge in [0.25, 0.3) is 0 Å². The summed E-state index contributed by atoms with van der Waals surface area (Å²) in [5, 5.41) is 1.31. The fourth-order valence-corrected chi connectivity index (χ4v) is 5.21. The quantitative estimate of drug-likeness (QED) is 0.407. The number of H-pyrrole nitrogens is 1. The summed E-state index contributed by atoms with van der Waals surface area (Å²) in [6, 6.07) is 28.6. The highest BCUT2D eigenvalue weighted by atomic mass is 14.8. The minimum Gasteiger partial charge on any atom is -0.357 e. The molecular weight excluding hydrogens is 338 g/mol. The Bertz CT molecular complexity index is 1260. The molecule has 1 aromatic heterocycles. The zero-order valence-electron chi connectivity index (χ0n) is 15.7. The number of fused-ring (bicyclic) bond motifs is 5. The van der Waals surface area contributed by atoms with Crippen LogP contribution in [-0.4, -0.2) is 4.98 Å². The van der Waals surface area contributed by atoms with Crippen LogP contribution in [0.2, 0.25) is 0 Å². The van der Waals surface area contributed by atoms with Gasteiger partial charge in [0, 0.05) is 22.2 Å². The smallest absolute Gasteiger partial charge is 0.0861 e. The van der Waals surface area contributed by atoms with Gasteiger partial charge < -0.3 is 4.98 Å². The Morgan fingerprint density at radius 3 is 2.39 bits per heavy atom. The second kappa shape index (κ2) is 5.84. The molecule has 1 unspecified atom stereocenters. The van der Waals surface area contributed by atoms with Crippen molar-refractivity contribution in [1.82, 2.24) is 4.98 Å². The van der Waals surface area contributed by atoms with Crippen LogP contribution < -0.4 is 0 Å². The molecule has 6 rings (SSSR count). The number of aromatic amines is 1. The Hall–Kier alpha value is -3.32. The molecule has 0 fully saturated rings. The maximum Gasteiger partial charge on any atom is 0.0861 e. The van der Waals surface area contributed by atoms with E-state index in [0.29, 0.717) is 0 Å². The third kappa shape index (κ3) is 1.91. The molecule has 2 aliphatic carbocycles. The predicted molar refractivity (Wildman–Crippen MR) is 117 cm³/mol. The summed E-state index contributed by atoms with van der Waals surface area (Å²) < 4.78 is 0. The number of allylic oxidation sites excluding steroid dienone is 4. The van der Waals surface area contributed by atoms with E-state index in [-0.39, 0.29) is 5.41 Å². The van der Waals surface area contributed by atoms with Crippen LogP contribution in [0, 0.1) is 0 Å². The second-order valence-electron chi connectivity index (χ2n) is 7.72. The molecule has 134 valence electrons. The molecule has 0 saturated heterocycles. The first-order valence-electron chi connectivity index (χ1n) is 10.0. The van der Waals surface area contributed by atoms with E-state index in [0.717, 1.165) is 12.8 Å². The SMILES string of the molecule is C1=CC(C2(c3ccccc3)c3ccccc3-c3c2[nH]c2ccccc32)=CCC1. The van der Waals surface area contributed by atoms with Crippen molar-refractivity contribution in [3.8, 4) is 11.1 Å². The number of hydrogen-bond acceptors (Lipinski definition) is 0. The van der Waals surface area contributed by atoms with E-state index in [2.05, 4.69) is 102 Å². The number of para-hydroxylation sites is 1. The molecule has 0 bridgehead atoms. The van der Waals surface area contributed by atoms with Crippen LogP contribution in [0.25, 0.3) is 22.0 Å². The van der Waals surface area contributed by atoms with Crippen LogP contribution in [0.3, 0.4) is 0 Å². The van der Waals surface area contributed by atoms with E-state index < -0.39 is 0 Å². The normalized spacial score (nSPS) is 20.1. The summed E-state index contributed by atoms with van der Waals surface area (Å²) >= 11 is 0. The Labute approximate surface area is 165 Å². The average Bonchev–Trinajstić information content (AvgIpc) is 3.28. The van der Waals surface area contributed by atoms with Gasteiger partial charge in [-0.25, -0.2) is 0 Å². The van der Waals surface area contributed by atoms with Gasteiger partial charge in [0.1, 0.15) is 0 Å². The summed E-state index contributed by atoms with van der Waals surface area (Å²) in [5.41, 5.74) is 9.01. The highest BCUT2D eigenvalue weighted by Gasteiger charge is 2.48. The fourth-order valence-electron chi connectivity index (χ4n) is 5.21. The molecular formula is C27H21N. The third-order valence-corrected chi connectivity index (χ3v) is 6.32. The molecule has 0 saturated carbocycles. The number of hydrogen-bond donors (Lipinski definition) is 1. The van der Waals surface area contributed by atoms with Crippen molar-refractivity contribution >= 4 is 10.9 Å². The van der Waals surface area contributed by atoms with Crippen molar-refractivity contribution in [2.75, 3.05) is 0 Å². The maximum atomic E-state index is 3.83. The van der Waals surface area contributed by atoms with Crippen molar-refractivity contribution in [1.29, 1.82) is 0 Å². The van der Waals surface area contributed by atoms with Gasteiger partial charge in [-0.2, -0.15) is 0 Å². The van der Waals surface area contributed by atoms with Crippen LogP contribution in [0.4, 0.5) is 0 Å². The van der Waals surface area contributed by atoms with Crippen molar-refractivity contribution in [2.45, 2.75) is 18.3 Å². The minimum atomic E-state index is -0.289. The first-order valence-corrected chi connectivity index (χ1v) is 10.0. The predicted octanol–water partition coefficient (Wildman–Crippen LogP) is 6.76. The highest BCUT2D eigenvalue weighted by molar-refractivity contribution is 6.03. The van der Waals surface area contributed by atoms with Crippen molar-refractivity contribution < 1.29 is 0 Å². The Morgan fingerprint density at radius 2 is 1.54 bits per heavy atom. The lowest BCUT2D eigenvalue weighted by atomic mass is 9.68. The van der Waals surface area contributed by atoms with Crippen LogP contribution in [0.15, 0.2) is 103 Å². The Balaban J connectivity index is 1.82. The molecule has 1 N–H and O–H groups in total. The Morgan fingerprint density at radius 1 is 0.750 bits per heavy atom. The number of rotatable bonds is 2. The zero-order valence-corrected chi connectivity index (χ0v) is 15.7. The molecule has 4 aromatic rings. The standard InChI is InChI=1S/C27H21N/c1-3-11-19(12-4-1)27(20-13-5-2-6-14-20)23-17-9-7-15-21(23)25-22-16-8-10-18-24(22)28-26(25)27/h1,3-5,7-18,28H,2,6H2. The molecule has 3 aromatic carbocycles. The van der Waals surface area contributed by atoms with Gasteiger partial charge in [0.15, 0.2) is 0 Å². The molecule has 1 atom stereocenters. The first-order chi connectivity index (χ1) is 13.9. The number of benzene rings is 3. The van der Waals surface area contributed by atoms with Crippen molar-refractivity contribution in [2.24, 2.45) is 0 Å². The summed E-state index contributed by atoms with van der Waals surface area (Å²) in [5.74, 6) is 0. The van der Waals surface area contributed by atoms with Gasteiger partial charge in [-0.3, -0.25) is 0 Å². The van der Waals surface area contributed by atoms with Crippen LogP contribution in [0.1, 0.15) is 29.7 Å². The van der Waals surface area contributed by atoms with E-state index in [4.69, 9.17) is 0 Å². The minimum absolute atomic E-state index is 0.289. The molecule has 0 radical (unpaired) electrons. The van der Waals surface area contributed by atoms with E-state index in [1.807, 2.05) is 0 Å². The maximum absolute atomic E-state index is 3.83. The van der Waals surface area contributed by atoms with Crippen molar-refractivity contribution in [3.05, 3.63) is 119 Å². The highest BCUT2D eigenvalue weighted by Crippen LogP contribution is 2.58. The lowest BCUT2D eigenvalue weighted by Gasteiger charge is -2.34. The summed E-state index contributed by atoms with van der Waals surface area (Å²) in [7, 11) is 0. The number of aromatic nitrogens is 1. The summed E-state index contributed by atoms with van der Waals surface area (Å²) in [4.78, 5) is 3.83. The van der Waals surface area contributed by atoms with Gasteiger partial charge >= 0.3 is 0 Å². The lowest BCUT2D eigenvalue weighted by Crippen LogP contribution is -2.30. The van der Waals surface area contributed by atoms with Gasteiger partial charge in [-0.15, -0.1) is 0 Å². The molecule has 0 aliphatic heterocycles. The monoisotopic (exact) mass is 359 g/mol. The molecule has 0 spiro atoms. The molecule has 1 heteroatoms. The molecule has 1 nitrogen and oxygen atoms in total. The fraction of sp³-hybridized carbons (Fsp3) is 0.111. The number of nitrogens with one attached hydrogen (secondary N) is 1. The van der Waals surface area contributed by atoms with Crippen molar-refractivity contribution in [3.63, 3.8) is 0 Å². The topological polar surface area (TPSA) is 15.8 Å². The Kier molecular flexibility index (Phi) is 3.28. The lowest BCUT2D eigenvalue weighted by molar-refractivity contribution is 0.730. The van der Waals surface area contributed by atoms with E-state index in [1.165, 1.54) is 44.4 Å². The molecule has 28 heavy (non-hydrogen) atoms. The van der Waals surface area contributed by atoms with Gasteiger partial charge in [-0.1, -0.05) is 91.0 Å². The van der Waals surface area contributed by atoms with E-state index in [9.17, 15) is 0 Å². The molecule has 1 heterocycles.